The molecule has 0 atom stereocenters. The number of benzene rings is 2. The number of thiazole rings is 1. The number of aromatic hydroxyl groups is 1. The number of carbonyl (C=O) groups excluding carboxylic acids is 1. The van der Waals surface area contributed by atoms with E-state index in [-0.39, 0.29) is 11.5 Å². The predicted octanol–water partition coefficient (Wildman–Crippen LogP) is 2.74. The number of halogens is 1. The zero-order chi connectivity index (χ0) is 21.4. The second kappa shape index (κ2) is 8.00. The summed E-state index contributed by atoms with van der Waals surface area (Å²) >= 11 is 6.51. The number of aromatic nitrogens is 1. The first-order chi connectivity index (χ1) is 14.4. The number of amides is 1. The highest BCUT2D eigenvalue weighted by Gasteiger charge is 2.25. The predicted molar refractivity (Wildman–Crippen MR) is 113 cm³/mol. The van der Waals surface area contributed by atoms with E-state index in [2.05, 4.69) is 4.99 Å². The molecule has 154 valence electrons. The van der Waals surface area contributed by atoms with E-state index in [0.29, 0.717) is 43.9 Å². The quantitative estimate of drug-likeness (QED) is 0.592. The minimum Gasteiger partial charge on any atom is -0.493 e. The van der Waals surface area contributed by atoms with E-state index in [4.69, 9.17) is 21.7 Å². The molecule has 30 heavy (non-hydrogen) atoms. The van der Waals surface area contributed by atoms with Gasteiger partial charge in [0, 0.05) is 11.8 Å². The Morgan fingerprint density at radius 1 is 1.17 bits per heavy atom. The Labute approximate surface area is 180 Å². The first-order valence-electron chi connectivity index (χ1n) is 8.99. The Kier molecular flexibility index (Phi) is 5.40. The van der Waals surface area contributed by atoms with Crippen LogP contribution in [0.5, 0.6) is 17.4 Å². The Morgan fingerprint density at radius 3 is 2.67 bits per heavy atom. The third-order valence-corrected chi connectivity index (χ3v) is 6.29. The molecular formula is C21H17FN2O4S2. The van der Waals surface area contributed by atoms with Crippen molar-refractivity contribution in [2.45, 2.75) is 13.0 Å². The van der Waals surface area contributed by atoms with E-state index in [1.807, 2.05) is 18.2 Å². The van der Waals surface area contributed by atoms with Gasteiger partial charge in [-0.05, 0) is 54.5 Å². The molecule has 1 aliphatic heterocycles. The van der Waals surface area contributed by atoms with E-state index in [1.54, 1.807) is 18.8 Å². The average Bonchev–Trinajstić information content (AvgIpc) is 3.20. The largest absolute Gasteiger partial charge is 0.493 e. The summed E-state index contributed by atoms with van der Waals surface area (Å²) < 4.78 is 26.3. The van der Waals surface area contributed by atoms with E-state index < -0.39 is 11.7 Å². The van der Waals surface area contributed by atoms with Crippen LogP contribution in [0.15, 0.2) is 41.4 Å². The average molecular weight is 445 g/mol. The van der Waals surface area contributed by atoms with E-state index in [9.17, 15) is 14.3 Å². The van der Waals surface area contributed by atoms with Gasteiger partial charge in [0.15, 0.2) is 15.5 Å². The molecule has 0 saturated heterocycles. The Balaban J connectivity index is 1.69. The molecule has 0 saturated carbocycles. The van der Waals surface area contributed by atoms with Gasteiger partial charge in [0.2, 0.25) is 5.88 Å². The summed E-state index contributed by atoms with van der Waals surface area (Å²) in [7, 11) is 3.14. The summed E-state index contributed by atoms with van der Waals surface area (Å²) in [6, 6.07) is 9.51. The van der Waals surface area contributed by atoms with Gasteiger partial charge >= 0.3 is 0 Å². The van der Waals surface area contributed by atoms with Crippen molar-refractivity contribution in [2.24, 2.45) is 4.99 Å². The number of carbonyl (C=O) groups is 1. The highest BCUT2D eigenvalue weighted by Crippen LogP contribution is 2.33. The fraction of sp³-hybridized carbons (Fsp3) is 0.190. The van der Waals surface area contributed by atoms with Crippen molar-refractivity contribution >= 4 is 35.0 Å². The standard InChI is InChI=1S/C21H17FN2O4S2/c1-27-15-6-3-11(9-16(15)28-2)7-8-24-20(26)18(30-21(24)29)17-13-10-12(22)4-5-14(13)23-19(17)25/h3-6,9-10,26H,7-8H2,1-2H3. The van der Waals surface area contributed by atoms with Crippen LogP contribution in [-0.2, 0) is 17.8 Å². The molecule has 0 fully saturated rings. The molecule has 0 aliphatic carbocycles. The zero-order valence-corrected chi connectivity index (χ0v) is 17.8. The molecule has 0 spiro atoms. The van der Waals surface area contributed by atoms with Crippen LogP contribution in [0.3, 0.4) is 0 Å². The lowest BCUT2D eigenvalue weighted by atomic mass is 10.1. The van der Waals surface area contributed by atoms with Gasteiger partial charge in [0.1, 0.15) is 10.7 Å². The first-order valence-corrected chi connectivity index (χ1v) is 10.2. The summed E-state index contributed by atoms with van der Waals surface area (Å²) in [5.41, 5.74) is 1.14. The molecule has 6 nitrogen and oxygen atoms in total. The van der Waals surface area contributed by atoms with Gasteiger partial charge in [-0.25, -0.2) is 9.38 Å². The molecular weight excluding hydrogens is 427 g/mol. The van der Waals surface area contributed by atoms with Crippen LogP contribution >= 0.6 is 23.6 Å². The van der Waals surface area contributed by atoms with Crippen molar-refractivity contribution in [2.75, 3.05) is 14.2 Å². The van der Waals surface area contributed by atoms with Crippen molar-refractivity contribution < 1.29 is 23.8 Å². The minimum atomic E-state index is -0.519. The maximum atomic E-state index is 13.7. The monoisotopic (exact) mass is 444 g/mol. The molecule has 4 rings (SSSR count). The molecule has 0 radical (unpaired) electrons. The van der Waals surface area contributed by atoms with E-state index in [1.165, 1.54) is 18.2 Å². The normalized spacial score (nSPS) is 12.6. The van der Waals surface area contributed by atoms with Crippen LogP contribution in [0.1, 0.15) is 10.4 Å². The molecule has 1 amide bonds. The number of hydrogen-bond acceptors (Lipinski definition) is 6. The van der Waals surface area contributed by atoms with Crippen molar-refractivity contribution in [3.63, 3.8) is 0 Å². The van der Waals surface area contributed by atoms with Gasteiger partial charge < -0.3 is 14.6 Å². The Morgan fingerprint density at radius 2 is 1.93 bits per heavy atom. The number of aryl methyl sites for hydroxylation is 1. The lowest BCUT2D eigenvalue weighted by molar-refractivity contribution is -0.112. The number of ether oxygens (including phenoxy) is 2. The minimum absolute atomic E-state index is 0.124. The van der Waals surface area contributed by atoms with Gasteiger partial charge in [-0.1, -0.05) is 6.07 Å². The molecule has 3 aromatic rings. The summed E-state index contributed by atoms with van der Waals surface area (Å²) in [5, 5.41) is 11.5. The third-order valence-electron chi connectivity index (χ3n) is 4.83. The summed E-state index contributed by atoms with van der Waals surface area (Å²) in [5.74, 6) is 0.118. The molecule has 1 aliphatic rings. The molecule has 0 unspecified atom stereocenters. The van der Waals surface area contributed by atoms with Crippen LogP contribution in [0.4, 0.5) is 4.39 Å². The molecule has 2 aromatic carbocycles. The summed E-state index contributed by atoms with van der Waals surface area (Å²) in [6.07, 6.45) is 0.567. The second-order valence-electron chi connectivity index (χ2n) is 6.57. The smallest absolute Gasteiger partial charge is 0.279 e. The SMILES string of the molecule is COc1ccc(CCn2c(O)c(C3=c4cc(F)ccc4=NC3=O)sc2=S)cc1OC. The maximum absolute atomic E-state index is 13.7. The van der Waals surface area contributed by atoms with Gasteiger partial charge in [0.05, 0.1) is 25.1 Å². The Hall–Kier alpha value is -3.04. The number of methoxy groups -OCH3 is 2. The third kappa shape index (κ3) is 3.50. The molecule has 9 heteroatoms. The summed E-state index contributed by atoms with van der Waals surface area (Å²) in [6.45, 7) is 0.394. The molecule has 1 N–H and O–H groups in total. The molecule has 0 bridgehead atoms. The van der Waals surface area contributed by atoms with E-state index >= 15 is 0 Å². The molecule has 1 aromatic heterocycles. The number of rotatable bonds is 6. The Bertz CT molecular complexity index is 1340. The highest BCUT2D eigenvalue weighted by molar-refractivity contribution is 7.73. The van der Waals surface area contributed by atoms with Crippen LogP contribution in [0, 0.1) is 9.77 Å². The van der Waals surface area contributed by atoms with Crippen LogP contribution < -0.4 is 20.0 Å². The maximum Gasteiger partial charge on any atom is 0.279 e. The van der Waals surface area contributed by atoms with Gasteiger partial charge in [-0.15, -0.1) is 11.3 Å². The molecule has 2 heterocycles. The lowest BCUT2D eigenvalue weighted by Gasteiger charge is -2.10. The van der Waals surface area contributed by atoms with Crippen LogP contribution in [0.25, 0.3) is 5.57 Å². The van der Waals surface area contributed by atoms with Crippen molar-refractivity contribution in [3.8, 4) is 17.4 Å². The summed E-state index contributed by atoms with van der Waals surface area (Å²) in [4.78, 5) is 16.7. The number of hydrogen-bond donors (Lipinski definition) is 1. The van der Waals surface area contributed by atoms with Gasteiger partial charge in [-0.2, -0.15) is 0 Å². The first kappa shape index (κ1) is 20.2. The van der Waals surface area contributed by atoms with Gasteiger partial charge in [0.25, 0.3) is 5.91 Å². The van der Waals surface area contributed by atoms with E-state index in [0.717, 1.165) is 16.9 Å². The highest BCUT2D eigenvalue weighted by atomic mass is 32.1. The fourth-order valence-corrected chi connectivity index (χ4v) is 4.73. The second-order valence-corrected chi connectivity index (χ2v) is 8.21. The fourth-order valence-electron chi connectivity index (χ4n) is 3.34. The van der Waals surface area contributed by atoms with Crippen molar-refractivity contribution in [3.05, 3.63) is 67.2 Å². The number of nitrogens with zero attached hydrogens (tertiary/aromatic N) is 2. The van der Waals surface area contributed by atoms with Crippen molar-refractivity contribution in [1.82, 2.24) is 4.57 Å². The van der Waals surface area contributed by atoms with Gasteiger partial charge in [-0.3, -0.25) is 9.36 Å². The number of fused-ring (bicyclic) bond motifs is 1. The van der Waals surface area contributed by atoms with Crippen molar-refractivity contribution in [1.29, 1.82) is 0 Å². The van der Waals surface area contributed by atoms with Crippen LogP contribution in [0.2, 0.25) is 0 Å². The zero-order valence-electron chi connectivity index (χ0n) is 16.1. The van der Waals surface area contributed by atoms with Crippen LogP contribution in [-0.4, -0.2) is 29.8 Å². The topological polar surface area (TPSA) is 73.0 Å². The lowest BCUT2D eigenvalue weighted by Crippen LogP contribution is -2.23.